The summed E-state index contributed by atoms with van der Waals surface area (Å²) in [6, 6.07) is 5.84. The molecule has 0 spiro atoms. The molecule has 0 amide bonds. The summed E-state index contributed by atoms with van der Waals surface area (Å²) >= 11 is 9.26. The predicted octanol–water partition coefficient (Wildman–Crippen LogP) is 4.03. The second kappa shape index (κ2) is 4.99. The Morgan fingerprint density at radius 2 is 2.15 bits per heavy atom. The fourth-order valence-electron chi connectivity index (χ4n) is 0.892. The summed E-state index contributed by atoms with van der Waals surface area (Å²) in [5.41, 5.74) is 1.10. The minimum absolute atomic E-state index is 0.252. The minimum atomic E-state index is 0.252. The predicted molar refractivity (Wildman–Crippen MR) is 59.1 cm³/mol. The van der Waals surface area contributed by atoms with Crippen molar-refractivity contribution in [3.05, 3.63) is 33.3 Å². The number of rotatable bonds is 3. The van der Waals surface area contributed by atoms with Gasteiger partial charge in [-0.05, 0) is 47.5 Å². The topological polar surface area (TPSA) is 9.23 Å². The maximum atomic E-state index is 5.93. The summed E-state index contributed by atoms with van der Waals surface area (Å²) in [5, 5.41) is 0.727. The van der Waals surface area contributed by atoms with Crippen LogP contribution in [0.5, 0.6) is 0 Å². The van der Waals surface area contributed by atoms with Crippen molar-refractivity contribution in [2.45, 2.75) is 26.6 Å². The van der Waals surface area contributed by atoms with Crippen LogP contribution in [0.2, 0.25) is 5.02 Å². The van der Waals surface area contributed by atoms with Crippen LogP contribution in [-0.2, 0) is 11.3 Å². The molecule has 1 aromatic carbocycles. The Hall–Kier alpha value is -0.0500. The summed E-state index contributed by atoms with van der Waals surface area (Å²) in [4.78, 5) is 0. The van der Waals surface area contributed by atoms with E-state index in [9.17, 15) is 0 Å². The molecule has 0 aliphatic heterocycles. The molecule has 0 aromatic heterocycles. The van der Waals surface area contributed by atoms with Crippen molar-refractivity contribution in [2.24, 2.45) is 0 Å². The number of hydrogen-bond donors (Lipinski definition) is 0. The van der Waals surface area contributed by atoms with Crippen molar-refractivity contribution in [1.82, 2.24) is 0 Å². The van der Waals surface area contributed by atoms with Crippen molar-refractivity contribution in [3.8, 4) is 0 Å². The van der Waals surface area contributed by atoms with Gasteiger partial charge in [-0.15, -0.1) is 0 Å². The molecule has 0 N–H and O–H groups in total. The van der Waals surface area contributed by atoms with Gasteiger partial charge in [-0.2, -0.15) is 0 Å². The van der Waals surface area contributed by atoms with E-state index >= 15 is 0 Å². The maximum absolute atomic E-state index is 5.93. The fraction of sp³-hybridized carbons (Fsp3) is 0.400. The highest BCUT2D eigenvalue weighted by molar-refractivity contribution is 9.10. The fourth-order valence-corrected chi connectivity index (χ4v) is 1.34. The first kappa shape index (κ1) is 11.0. The Morgan fingerprint density at radius 1 is 1.46 bits per heavy atom. The third-order valence-corrected chi connectivity index (χ3v) is 2.80. The zero-order valence-corrected chi connectivity index (χ0v) is 10.0. The van der Waals surface area contributed by atoms with Crippen molar-refractivity contribution in [3.63, 3.8) is 0 Å². The molecule has 1 aromatic rings. The number of hydrogen-bond acceptors (Lipinski definition) is 1. The van der Waals surface area contributed by atoms with Gasteiger partial charge in [0.15, 0.2) is 0 Å². The van der Waals surface area contributed by atoms with Gasteiger partial charge in [0, 0.05) is 4.47 Å². The van der Waals surface area contributed by atoms with Crippen LogP contribution in [0.1, 0.15) is 19.4 Å². The lowest BCUT2D eigenvalue weighted by atomic mass is 10.2. The molecule has 0 aliphatic carbocycles. The van der Waals surface area contributed by atoms with Gasteiger partial charge in [-0.3, -0.25) is 0 Å². The van der Waals surface area contributed by atoms with E-state index in [1.54, 1.807) is 0 Å². The number of halogens is 2. The smallest absolute Gasteiger partial charge is 0.0720 e. The van der Waals surface area contributed by atoms with E-state index in [0.29, 0.717) is 6.61 Å². The van der Waals surface area contributed by atoms with Crippen LogP contribution >= 0.6 is 27.5 Å². The van der Waals surface area contributed by atoms with E-state index in [4.69, 9.17) is 16.3 Å². The highest BCUT2D eigenvalue weighted by Gasteiger charge is 2.00. The third kappa shape index (κ3) is 3.67. The molecule has 0 saturated heterocycles. The van der Waals surface area contributed by atoms with Crippen molar-refractivity contribution in [2.75, 3.05) is 0 Å². The van der Waals surface area contributed by atoms with Crippen LogP contribution in [0.3, 0.4) is 0 Å². The first-order chi connectivity index (χ1) is 6.09. The van der Waals surface area contributed by atoms with Gasteiger partial charge in [0.1, 0.15) is 0 Å². The van der Waals surface area contributed by atoms with Crippen LogP contribution < -0.4 is 0 Å². The maximum Gasteiger partial charge on any atom is 0.0720 e. The van der Waals surface area contributed by atoms with E-state index in [2.05, 4.69) is 15.9 Å². The molecule has 0 atom stereocenters. The van der Waals surface area contributed by atoms with Gasteiger partial charge in [0.25, 0.3) is 0 Å². The summed E-state index contributed by atoms with van der Waals surface area (Å²) in [6.07, 6.45) is 0.252. The van der Waals surface area contributed by atoms with E-state index in [1.807, 2.05) is 32.0 Å². The first-order valence-electron chi connectivity index (χ1n) is 4.15. The molecular formula is C10H12BrClO. The van der Waals surface area contributed by atoms with Crippen molar-refractivity contribution >= 4 is 27.5 Å². The Labute approximate surface area is 92.2 Å². The van der Waals surface area contributed by atoms with Gasteiger partial charge in [-0.1, -0.05) is 17.7 Å². The minimum Gasteiger partial charge on any atom is -0.374 e. The van der Waals surface area contributed by atoms with Gasteiger partial charge >= 0.3 is 0 Å². The molecule has 0 fully saturated rings. The number of ether oxygens (including phenoxy) is 1. The van der Waals surface area contributed by atoms with E-state index < -0.39 is 0 Å². The Morgan fingerprint density at radius 3 is 2.69 bits per heavy atom. The molecule has 0 aliphatic rings. The highest BCUT2D eigenvalue weighted by Crippen LogP contribution is 2.23. The van der Waals surface area contributed by atoms with E-state index in [0.717, 1.165) is 15.1 Å². The van der Waals surface area contributed by atoms with Gasteiger partial charge in [0.2, 0.25) is 0 Å². The van der Waals surface area contributed by atoms with Crippen molar-refractivity contribution in [1.29, 1.82) is 0 Å². The molecule has 72 valence electrons. The second-order valence-electron chi connectivity index (χ2n) is 3.11. The van der Waals surface area contributed by atoms with Crippen LogP contribution in [0.15, 0.2) is 22.7 Å². The molecule has 0 heterocycles. The lowest BCUT2D eigenvalue weighted by Crippen LogP contribution is -2.01. The van der Waals surface area contributed by atoms with E-state index in [-0.39, 0.29) is 6.10 Å². The van der Waals surface area contributed by atoms with Crippen LogP contribution in [0, 0.1) is 0 Å². The quantitative estimate of drug-likeness (QED) is 0.800. The van der Waals surface area contributed by atoms with Crippen molar-refractivity contribution < 1.29 is 4.74 Å². The monoisotopic (exact) mass is 262 g/mol. The summed E-state index contributed by atoms with van der Waals surface area (Å²) in [7, 11) is 0. The molecule has 0 radical (unpaired) electrons. The molecule has 3 heteroatoms. The average molecular weight is 264 g/mol. The molecule has 0 saturated carbocycles. The Kier molecular flexibility index (Phi) is 4.23. The zero-order chi connectivity index (χ0) is 9.84. The van der Waals surface area contributed by atoms with Crippen LogP contribution in [0.4, 0.5) is 0 Å². The Balaban J connectivity index is 2.63. The lowest BCUT2D eigenvalue weighted by molar-refractivity contribution is 0.0657. The molecule has 1 rings (SSSR count). The summed E-state index contributed by atoms with van der Waals surface area (Å²) in [5.74, 6) is 0. The SMILES string of the molecule is CC(C)OCc1ccc(Br)c(Cl)c1. The van der Waals surface area contributed by atoms with Gasteiger partial charge < -0.3 is 4.74 Å². The first-order valence-corrected chi connectivity index (χ1v) is 5.32. The van der Waals surface area contributed by atoms with Gasteiger partial charge in [-0.25, -0.2) is 0 Å². The van der Waals surface area contributed by atoms with Gasteiger partial charge in [0.05, 0.1) is 17.7 Å². The highest BCUT2D eigenvalue weighted by atomic mass is 79.9. The standard InChI is InChI=1S/C10H12BrClO/c1-7(2)13-6-8-3-4-9(11)10(12)5-8/h3-5,7H,6H2,1-2H3. The largest absolute Gasteiger partial charge is 0.374 e. The zero-order valence-electron chi connectivity index (χ0n) is 7.68. The summed E-state index contributed by atoms with van der Waals surface area (Å²) in [6.45, 7) is 4.64. The van der Waals surface area contributed by atoms with Crippen LogP contribution in [-0.4, -0.2) is 6.10 Å². The molecule has 0 unspecified atom stereocenters. The molecule has 1 nitrogen and oxygen atoms in total. The normalized spacial score (nSPS) is 10.8. The third-order valence-electron chi connectivity index (χ3n) is 1.57. The molecular weight excluding hydrogens is 251 g/mol. The lowest BCUT2D eigenvalue weighted by Gasteiger charge is -2.07. The van der Waals surface area contributed by atoms with Crippen LogP contribution in [0.25, 0.3) is 0 Å². The molecule has 0 bridgehead atoms. The average Bonchev–Trinajstić information content (AvgIpc) is 2.07. The molecule has 13 heavy (non-hydrogen) atoms. The number of benzene rings is 1. The Bertz CT molecular complexity index is 286. The van der Waals surface area contributed by atoms with E-state index in [1.165, 1.54) is 0 Å². The summed E-state index contributed by atoms with van der Waals surface area (Å²) < 4.78 is 6.37. The second-order valence-corrected chi connectivity index (χ2v) is 4.37.